The summed E-state index contributed by atoms with van der Waals surface area (Å²) in [5.41, 5.74) is 0. The van der Waals surface area contributed by atoms with Crippen LogP contribution in [0.25, 0.3) is 0 Å². The van der Waals surface area contributed by atoms with Crippen molar-refractivity contribution in [1.82, 2.24) is 0 Å². The molecule has 0 bridgehead atoms. The summed E-state index contributed by atoms with van der Waals surface area (Å²) in [7, 11) is 0. The molecule has 12 heavy (non-hydrogen) atoms. The Bertz CT molecular complexity index is 103. The molecule has 0 aliphatic heterocycles. The highest BCUT2D eigenvalue weighted by Crippen LogP contribution is 2.17. The van der Waals surface area contributed by atoms with Gasteiger partial charge in [0, 0.05) is 0 Å². The molecule has 0 nitrogen and oxygen atoms in total. The maximum atomic E-state index is 3.88. The molecule has 0 radical (unpaired) electrons. The number of hydrogen-bond donors (Lipinski definition) is 0. The van der Waals surface area contributed by atoms with E-state index in [-0.39, 0.29) is 0 Å². The fraction of sp³-hybridized carbons (Fsp3) is 0.833. The topological polar surface area (TPSA) is 0 Å². The van der Waals surface area contributed by atoms with Crippen molar-refractivity contribution >= 4 is 0 Å². The first-order valence-corrected chi connectivity index (χ1v) is 5.33. The van der Waals surface area contributed by atoms with E-state index in [1.54, 1.807) is 0 Å². The van der Waals surface area contributed by atoms with Crippen LogP contribution in [0.1, 0.15) is 52.9 Å². The largest absolute Gasteiger partial charge is 0.103 e. The summed E-state index contributed by atoms with van der Waals surface area (Å²) >= 11 is 0. The van der Waals surface area contributed by atoms with Crippen LogP contribution in [-0.2, 0) is 0 Å². The van der Waals surface area contributed by atoms with Crippen molar-refractivity contribution in [2.24, 2.45) is 11.8 Å². The molecule has 0 spiro atoms. The van der Waals surface area contributed by atoms with Gasteiger partial charge in [0.2, 0.25) is 0 Å². The highest BCUT2D eigenvalue weighted by atomic mass is 14.1. The number of allylic oxidation sites excluding steroid dienone is 1. The molecule has 0 N–H and O–H groups in total. The second-order valence-corrected chi connectivity index (χ2v) is 4.11. The summed E-state index contributed by atoms with van der Waals surface area (Å²) in [5, 5.41) is 0. The lowest BCUT2D eigenvalue weighted by Gasteiger charge is -2.11. The molecule has 0 heterocycles. The third kappa shape index (κ3) is 6.45. The lowest BCUT2D eigenvalue weighted by Crippen LogP contribution is -1.97. The first-order valence-electron chi connectivity index (χ1n) is 5.33. The molecule has 0 rings (SSSR count). The molecular weight excluding hydrogens is 144 g/mol. The van der Waals surface area contributed by atoms with Crippen LogP contribution >= 0.6 is 0 Å². The van der Waals surface area contributed by atoms with E-state index in [9.17, 15) is 0 Å². The van der Waals surface area contributed by atoms with E-state index >= 15 is 0 Å². The van der Waals surface area contributed by atoms with Crippen molar-refractivity contribution in [3.8, 4) is 0 Å². The zero-order valence-corrected chi connectivity index (χ0v) is 8.97. The van der Waals surface area contributed by atoms with Crippen LogP contribution in [0.4, 0.5) is 0 Å². The Morgan fingerprint density at radius 3 is 2.25 bits per heavy atom. The van der Waals surface area contributed by atoms with Crippen molar-refractivity contribution in [3.05, 3.63) is 12.7 Å². The van der Waals surface area contributed by atoms with Crippen LogP contribution in [-0.4, -0.2) is 0 Å². The quantitative estimate of drug-likeness (QED) is 0.494. The summed E-state index contributed by atoms with van der Waals surface area (Å²) in [6.07, 6.45) is 8.82. The molecule has 1 atom stereocenters. The zero-order valence-electron chi connectivity index (χ0n) is 8.97. The number of rotatable bonds is 7. The molecule has 1 unspecified atom stereocenters. The van der Waals surface area contributed by atoms with Gasteiger partial charge in [-0.2, -0.15) is 0 Å². The normalized spacial score (nSPS) is 13.3. The first-order chi connectivity index (χ1) is 5.70. The van der Waals surface area contributed by atoms with Gasteiger partial charge in [-0.05, 0) is 24.7 Å². The monoisotopic (exact) mass is 168 g/mol. The Kier molecular flexibility index (Phi) is 7.23. The second kappa shape index (κ2) is 7.39. The molecule has 0 saturated heterocycles. The van der Waals surface area contributed by atoms with Gasteiger partial charge in [-0.25, -0.2) is 0 Å². The Labute approximate surface area is 78.1 Å². The van der Waals surface area contributed by atoms with E-state index in [1.165, 1.54) is 32.1 Å². The minimum Gasteiger partial charge on any atom is -0.103 e. The van der Waals surface area contributed by atoms with Gasteiger partial charge < -0.3 is 0 Å². The molecule has 0 aromatic carbocycles. The fourth-order valence-electron chi connectivity index (χ4n) is 1.54. The van der Waals surface area contributed by atoms with Crippen LogP contribution in [0.5, 0.6) is 0 Å². The van der Waals surface area contributed by atoms with Gasteiger partial charge in [0.25, 0.3) is 0 Å². The van der Waals surface area contributed by atoms with Gasteiger partial charge in [-0.3, -0.25) is 0 Å². The van der Waals surface area contributed by atoms with Crippen molar-refractivity contribution in [3.63, 3.8) is 0 Å². The summed E-state index contributed by atoms with van der Waals surface area (Å²) in [6, 6.07) is 0. The maximum Gasteiger partial charge on any atom is -0.0236 e. The van der Waals surface area contributed by atoms with Crippen LogP contribution in [0.15, 0.2) is 12.7 Å². The predicted molar refractivity (Wildman–Crippen MR) is 57.3 cm³/mol. The second-order valence-electron chi connectivity index (χ2n) is 4.11. The van der Waals surface area contributed by atoms with E-state index < -0.39 is 0 Å². The highest BCUT2D eigenvalue weighted by Gasteiger charge is 2.02. The van der Waals surface area contributed by atoms with E-state index in [0.717, 1.165) is 11.8 Å². The van der Waals surface area contributed by atoms with Crippen molar-refractivity contribution < 1.29 is 0 Å². The summed E-state index contributed by atoms with van der Waals surface area (Å²) in [6.45, 7) is 10.7. The van der Waals surface area contributed by atoms with E-state index in [0.29, 0.717) is 0 Å². The average molecular weight is 168 g/mol. The Balaban J connectivity index is 3.37. The zero-order chi connectivity index (χ0) is 9.40. The molecule has 0 heteroatoms. The minimum atomic E-state index is 0.772. The standard InChI is InChI=1S/C12H24/c1-5-8-12(6-2)10-7-9-11(3)4/h6,11-12H,2,5,7-10H2,1,3-4H3. The van der Waals surface area contributed by atoms with Crippen LogP contribution < -0.4 is 0 Å². The molecular formula is C12H24. The summed E-state index contributed by atoms with van der Waals surface area (Å²) < 4.78 is 0. The van der Waals surface area contributed by atoms with Gasteiger partial charge in [0.1, 0.15) is 0 Å². The predicted octanol–water partition coefficient (Wildman–Crippen LogP) is 4.42. The van der Waals surface area contributed by atoms with Gasteiger partial charge in [0.05, 0.1) is 0 Å². The lowest BCUT2D eigenvalue weighted by molar-refractivity contribution is 0.464. The van der Waals surface area contributed by atoms with Crippen LogP contribution in [0, 0.1) is 11.8 Å². The van der Waals surface area contributed by atoms with Crippen molar-refractivity contribution in [2.45, 2.75) is 52.9 Å². The van der Waals surface area contributed by atoms with Crippen molar-refractivity contribution in [1.29, 1.82) is 0 Å². The Morgan fingerprint density at radius 1 is 1.17 bits per heavy atom. The Morgan fingerprint density at radius 2 is 1.83 bits per heavy atom. The Hall–Kier alpha value is -0.260. The average Bonchev–Trinajstić information content (AvgIpc) is 2.02. The molecule has 0 aliphatic carbocycles. The molecule has 0 aliphatic rings. The van der Waals surface area contributed by atoms with Crippen LogP contribution in [0.3, 0.4) is 0 Å². The van der Waals surface area contributed by atoms with Gasteiger partial charge in [-0.15, -0.1) is 6.58 Å². The SMILES string of the molecule is C=CC(CCC)CCCC(C)C. The lowest BCUT2D eigenvalue weighted by atomic mass is 9.95. The van der Waals surface area contributed by atoms with E-state index in [1.807, 2.05) is 0 Å². The third-order valence-electron chi connectivity index (χ3n) is 2.35. The molecule has 0 saturated carbocycles. The minimum absolute atomic E-state index is 0.772. The van der Waals surface area contributed by atoms with Crippen LogP contribution in [0.2, 0.25) is 0 Å². The molecule has 0 aromatic heterocycles. The number of hydrogen-bond acceptors (Lipinski definition) is 0. The van der Waals surface area contributed by atoms with Crippen molar-refractivity contribution in [2.75, 3.05) is 0 Å². The third-order valence-corrected chi connectivity index (χ3v) is 2.35. The van der Waals surface area contributed by atoms with Gasteiger partial charge in [-0.1, -0.05) is 46.1 Å². The highest BCUT2D eigenvalue weighted by molar-refractivity contribution is 4.78. The first kappa shape index (κ1) is 11.7. The fourth-order valence-corrected chi connectivity index (χ4v) is 1.54. The summed E-state index contributed by atoms with van der Waals surface area (Å²) in [4.78, 5) is 0. The van der Waals surface area contributed by atoms with E-state index in [2.05, 4.69) is 33.4 Å². The molecule has 0 aromatic rings. The van der Waals surface area contributed by atoms with Gasteiger partial charge >= 0.3 is 0 Å². The maximum absolute atomic E-state index is 3.88. The van der Waals surface area contributed by atoms with Gasteiger partial charge in [0.15, 0.2) is 0 Å². The molecule has 72 valence electrons. The smallest absolute Gasteiger partial charge is 0.0236 e. The molecule has 0 fully saturated rings. The molecule has 0 amide bonds. The van der Waals surface area contributed by atoms with E-state index in [4.69, 9.17) is 0 Å². The summed E-state index contributed by atoms with van der Waals surface area (Å²) in [5.74, 6) is 1.63.